The van der Waals surface area contributed by atoms with Crippen LogP contribution in [0.1, 0.15) is 61.1 Å². The molecule has 0 radical (unpaired) electrons. The molecule has 0 fully saturated rings. The first-order valence-electron chi connectivity index (χ1n) is 50.8. The Labute approximate surface area is 877 Å². The predicted molar refractivity (Wildman–Crippen MR) is 641 cm³/mol. The van der Waals surface area contributed by atoms with Gasteiger partial charge in [0.2, 0.25) is 0 Å². The lowest BCUT2D eigenvalue weighted by Gasteiger charge is -2.29. The summed E-state index contributed by atoms with van der Waals surface area (Å²) in [6.45, 7) is 8.00. The summed E-state index contributed by atoms with van der Waals surface area (Å²) in [6, 6.07) is 196. The van der Waals surface area contributed by atoms with Crippen molar-refractivity contribution in [2.45, 2.75) is 47.0 Å². The predicted octanol–water partition coefficient (Wildman–Crippen LogP) is 36.3. The maximum Gasteiger partial charge on any atom is 0.0444 e. The van der Waals surface area contributed by atoms with E-state index in [9.17, 15) is 0 Å². The number of anilines is 20. The van der Waals surface area contributed by atoms with E-state index in [1.54, 1.807) is 0 Å². The van der Waals surface area contributed by atoms with E-state index in [1.807, 2.05) is 113 Å². The number of benzene rings is 20. The molecule has 0 saturated heterocycles. The molecule has 0 amide bonds. The number of hydrogen-bond donors (Lipinski definition) is 0. The van der Waals surface area contributed by atoms with Crippen LogP contribution >= 0.6 is 0 Å². The Balaban J connectivity index is 0.000000145. The first-order valence-corrected chi connectivity index (χ1v) is 50.8. The Kier molecular flexibility index (Phi) is 43.7. The van der Waals surface area contributed by atoms with Crippen molar-refractivity contribution < 1.29 is 0 Å². The zero-order valence-corrected chi connectivity index (χ0v) is 87.9. The van der Waals surface area contributed by atoms with Crippen molar-refractivity contribution in [3.05, 3.63) is 604 Å². The molecule has 3 aliphatic rings. The van der Waals surface area contributed by atoms with Crippen LogP contribution in [0.3, 0.4) is 0 Å². The summed E-state index contributed by atoms with van der Waals surface area (Å²) < 4.78 is 0. The van der Waals surface area contributed by atoms with Crippen LogP contribution in [0.25, 0.3) is 0 Å². The third-order valence-corrected chi connectivity index (χ3v) is 25.3. The molecule has 0 aliphatic carbocycles. The Morgan fingerprint density at radius 3 is 0.279 bits per heavy atom. The molecule has 3 heterocycles. The van der Waals surface area contributed by atoms with Crippen LogP contribution in [0.4, 0.5) is 114 Å². The lowest BCUT2D eigenvalue weighted by Crippen LogP contribution is -2.18. The smallest absolute Gasteiger partial charge is 0.0444 e. The molecule has 0 spiro atoms. The van der Waals surface area contributed by atoms with Crippen molar-refractivity contribution in [3.8, 4) is 0 Å². The Morgan fingerprint density at radius 2 is 0.190 bits per heavy atom. The van der Waals surface area contributed by atoms with Crippen LogP contribution in [-0.2, 0) is 19.3 Å². The van der Waals surface area contributed by atoms with Crippen LogP contribution in [0.5, 0.6) is 0 Å². The summed E-state index contributed by atoms with van der Waals surface area (Å²) in [4.78, 5) is 22.0. The molecule has 20 aromatic rings. The average molecular weight is 1930 g/mol. The van der Waals surface area contributed by atoms with Crippen LogP contribution in [0.2, 0.25) is 0 Å². The number of para-hydroxylation sites is 20. The third-order valence-electron chi connectivity index (χ3n) is 25.3. The van der Waals surface area contributed by atoms with Gasteiger partial charge in [-0.25, -0.2) is 0 Å². The lowest BCUT2D eigenvalue weighted by molar-refractivity contribution is 1.06. The minimum Gasteiger partial charge on any atom is -0.345 e. The van der Waals surface area contributed by atoms with Crippen LogP contribution in [0, 0.1) is 0 Å². The van der Waals surface area contributed by atoms with Crippen LogP contribution in [0.15, 0.2) is 570 Å². The highest BCUT2D eigenvalue weighted by Gasteiger charge is 2.22. The van der Waals surface area contributed by atoms with Crippen molar-refractivity contribution in [2.24, 2.45) is 0 Å². The fourth-order valence-corrected chi connectivity index (χ4v) is 17.1. The molecular weight excluding hydrogens is 1790 g/mol. The van der Waals surface area contributed by atoms with Gasteiger partial charge in [0.15, 0.2) is 0 Å². The van der Waals surface area contributed by atoms with Gasteiger partial charge in [0.25, 0.3) is 0 Å². The summed E-state index contributed by atoms with van der Waals surface area (Å²) in [5.74, 6) is 0. The Hall–Kier alpha value is -17.6. The van der Waals surface area contributed by atoms with E-state index in [0.717, 1.165) is 19.3 Å². The number of fused-ring (bicyclic) bond motifs is 6. The summed E-state index contributed by atoms with van der Waals surface area (Å²) in [7, 11) is 20.9. The van der Waals surface area contributed by atoms with Crippen molar-refractivity contribution >= 4 is 114 Å². The number of hydrogen-bond acceptors (Lipinski definition) is 10. The van der Waals surface area contributed by atoms with Gasteiger partial charge in [-0.15, -0.1) is 0 Å². The second kappa shape index (κ2) is 59.3. The van der Waals surface area contributed by atoms with Crippen molar-refractivity contribution in [2.75, 3.05) is 119 Å². The molecule has 3 aliphatic heterocycles. The molecule has 0 saturated carbocycles. The first-order chi connectivity index (χ1) is 72.2. The summed E-state index contributed by atoms with van der Waals surface area (Å²) in [5, 5.41) is 0. The van der Waals surface area contributed by atoms with Gasteiger partial charge in [-0.2, -0.15) is 0 Å². The van der Waals surface area contributed by atoms with Gasteiger partial charge in [0, 0.05) is 203 Å². The number of rotatable bonds is 14. The van der Waals surface area contributed by atoms with Gasteiger partial charge in [0.1, 0.15) is 0 Å². The Bertz CT molecular complexity index is 5560. The zero-order chi connectivity index (χ0) is 103. The lowest BCUT2D eigenvalue weighted by atomic mass is 9.96. The monoisotopic (exact) mass is 1930 g/mol. The van der Waals surface area contributed by atoms with Gasteiger partial charge in [-0.05, 0) is 240 Å². The van der Waals surface area contributed by atoms with Crippen molar-refractivity contribution in [1.29, 1.82) is 0 Å². The van der Waals surface area contributed by atoms with Gasteiger partial charge < -0.3 is 49.0 Å². The standard InChI is InChI=1S/3C14H13N.7C13H13N.2C2H6/c3*1-15-13-8-4-2-6-11(13)10-12-7-3-5-9-14(12)15;7*1-14(12-8-4-2-5-9-12)13-10-6-3-7-11-13;2*1-2/h3*2-9H,10H2,1H3;7*2-11H,1H3;2*1-2H3. The number of nitrogens with zero attached hydrogens (tertiary/aromatic N) is 10. The summed E-state index contributed by atoms with van der Waals surface area (Å²) >= 11 is 0. The molecule has 147 heavy (non-hydrogen) atoms. The molecule has 0 unspecified atom stereocenters. The van der Waals surface area contributed by atoms with Gasteiger partial charge in [-0.3, -0.25) is 0 Å². The van der Waals surface area contributed by atoms with Crippen LogP contribution in [-0.4, -0.2) is 70.5 Å². The third kappa shape index (κ3) is 32.2. The fourth-order valence-electron chi connectivity index (χ4n) is 17.1. The minimum atomic E-state index is 1.05. The van der Waals surface area contributed by atoms with Gasteiger partial charge >= 0.3 is 0 Å². The maximum absolute atomic E-state index is 2.27. The van der Waals surface area contributed by atoms with Crippen molar-refractivity contribution in [3.63, 3.8) is 0 Å². The quantitative estimate of drug-likeness (QED) is 0.105. The molecule has 10 nitrogen and oxygen atoms in total. The van der Waals surface area contributed by atoms with E-state index < -0.39 is 0 Å². The van der Waals surface area contributed by atoms with Crippen molar-refractivity contribution in [1.82, 2.24) is 0 Å². The topological polar surface area (TPSA) is 32.4 Å². The second-order valence-electron chi connectivity index (χ2n) is 34.6. The van der Waals surface area contributed by atoms with Gasteiger partial charge in [-0.1, -0.05) is 392 Å². The second-order valence-corrected chi connectivity index (χ2v) is 34.6. The highest BCUT2D eigenvalue weighted by molar-refractivity contribution is 5.78. The molecule has 0 aromatic heterocycles. The Morgan fingerprint density at radius 1 is 0.116 bits per heavy atom. The van der Waals surface area contributed by atoms with Crippen LogP contribution < -0.4 is 49.0 Å². The average Bonchev–Trinajstić information content (AvgIpc) is 0.789. The molecule has 0 N–H and O–H groups in total. The molecule has 0 bridgehead atoms. The SMILES string of the molecule is CC.CC.CN(c1ccccc1)c1ccccc1.CN(c1ccccc1)c1ccccc1.CN(c1ccccc1)c1ccccc1.CN(c1ccccc1)c1ccccc1.CN(c1ccccc1)c1ccccc1.CN(c1ccccc1)c1ccccc1.CN(c1ccccc1)c1ccccc1.CN1c2ccccc2Cc2ccccc21.CN1c2ccccc2Cc2ccccc21.CN1c2ccccc2Cc2ccccc21. The van der Waals surface area contributed by atoms with E-state index in [0.29, 0.717) is 0 Å². The summed E-state index contributed by atoms with van der Waals surface area (Å²) in [5.41, 5.74) is 33.4. The molecular formula is C137H142N10. The fraction of sp³-hybridized carbons (Fsp3) is 0.124. The first kappa shape index (κ1) is 108. The molecule has 23 rings (SSSR count). The van der Waals surface area contributed by atoms with E-state index in [1.165, 1.54) is 147 Å². The highest BCUT2D eigenvalue weighted by atomic mass is 15.2. The van der Waals surface area contributed by atoms with E-state index in [4.69, 9.17) is 0 Å². The highest BCUT2D eigenvalue weighted by Crippen LogP contribution is 2.41. The largest absolute Gasteiger partial charge is 0.345 e. The van der Waals surface area contributed by atoms with E-state index in [2.05, 4.69) is 605 Å². The maximum atomic E-state index is 2.27. The van der Waals surface area contributed by atoms with Gasteiger partial charge in [0.05, 0.1) is 0 Å². The zero-order valence-electron chi connectivity index (χ0n) is 87.9. The molecule has 0 atom stereocenters. The van der Waals surface area contributed by atoms with E-state index in [-0.39, 0.29) is 0 Å². The van der Waals surface area contributed by atoms with E-state index >= 15 is 0 Å². The normalized spacial score (nSPS) is 10.7. The molecule has 20 aromatic carbocycles. The summed E-state index contributed by atoms with van der Waals surface area (Å²) in [6.07, 6.45) is 3.16. The molecule has 740 valence electrons. The minimum absolute atomic E-state index is 1.05. The molecule has 10 heteroatoms.